The molecule has 0 saturated carbocycles. The topological polar surface area (TPSA) is 36.4 Å². The first-order valence-corrected chi connectivity index (χ1v) is 7.34. The summed E-state index contributed by atoms with van der Waals surface area (Å²) in [6.45, 7) is 2.10. The molecule has 0 spiro atoms. The summed E-state index contributed by atoms with van der Waals surface area (Å²) >= 11 is 5.37. The van der Waals surface area contributed by atoms with Gasteiger partial charge in [-0.2, -0.15) is 11.8 Å². The number of anilines is 1. The Hall–Kier alpha value is -0.260. The molecule has 1 aliphatic heterocycles. The molecule has 1 aliphatic rings. The zero-order chi connectivity index (χ0) is 11.4. The Bertz CT molecular complexity index is 354. The largest absolute Gasteiger partial charge is 0.392 e. The Morgan fingerprint density at radius 1 is 1.44 bits per heavy atom. The van der Waals surface area contributed by atoms with E-state index in [2.05, 4.69) is 25.8 Å². The van der Waals surface area contributed by atoms with Gasteiger partial charge in [0.25, 0.3) is 0 Å². The second kappa shape index (κ2) is 5.89. The van der Waals surface area contributed by atoms with E-state index >= 15 is 0 Å². The van der Waals surface area contributed by atoms with Crippen molar-refractivity contribution in [2.75, 3.05) is 29.5 Å². The number of aliphatic hydroxyl groups excluding tert-OH is 1. The van der Waals surface area contributed by atoms with Crippen LogP contribution in [0.3, 0.4) is 0 Å². The summed E-state index contributed by atoms with van der Waals surface area (Å²) in [6.07, 6.45) is 2.99. The lowest BCUT2D eigenvalue weighted by molar-refractivity contribution is 0.281. The minimum absolute atomic E-state index is 0.0470. The predicted molar refractivity (Wildman–Crippen MR) is 72.0 cm³/mol. The lowest BCUT2D eigenvalue weighted by Gasteiger charge is -2.23. The van der Waals surface area contributed by atoms with Gasteiger partial charge in [0.15, 0.2) is 0 Å². The molecule has 0 aromatic carbocycles. The number of hydrogen-bond donors (Lipinski definition) is 1. The van der Waals surface area contributed by atoms with Crippen LogP contribution >= 0.6 is 27.7 Å². The van der Waals surface area contributed by atoms with Gasteiger partial charge in [-0.05, 0) is 34.2 Å². The Morgan fingerprint density at radius 2 is 2.31 bits per heavy atom. The first-order valence-electron chi connectivity index (χ1n) is 5.39. The van der Waals surface area contributed by atoms with Crippen molar-refractivity contribution in [3.8, 4) is 0 Å². The maximum absolute atomic E-state index is 9.35. The monoisotopic (exact) mass is 302 g/mol. The van der Waals surface area contributed by atoms with Crippen LogP contribution in [-0.4, -0.2) is 34.7 Å². The van der Waals surface area contributed by atoms with E-state index in [0.717, 1.165) is 34.7 Å². The number of pyridine rings is 1. The second-order valence-corrected chi connectivity index (χ2v) is 5.89. The van der Waals surface area contributed by atoms with E-state index in [0.29, 0.717) is 0 Å². The molecule has 1 fully saturated rings. The highest BCUT2D eigenvalue weighted by Crippen LogP contribution is 2.23. The molecule has 0 unspecified atom stereocenters. The molecule has 0 amide bonds. The fourth-order valence-corrected chi connectivity index (χ4v) is 3.10. The van der Waals surface area contributed by atoms with E-state index < -0.39 is 0 Å². The molecule has 3 nitrogen and oxygen atoms in total. The maximum Gasteiger partial charge on any atom is 0.134 e. The van der Waals surface area contributed by atoms with Gasteiger partial charge < -0.3 is 10.0 Å². The van der Waals surface area contributed by atoms with Crippen LogP contribution in [0, 0.1) is 0 Å². The van der Waals surface area contributed by atoms with Crippen molar-refractivity contribution in [3.63, 3.8) is 0 Å². The summed E-state index contributed by atoms with van der Waals surface area (Å²) < 4.78 is 0.921. The fourth-order valence-electron chi connectivity index (χ4n) is 1.83. The first kappa shape index (κ1) is 12.2. The molecule has 1 aromatic rings. The zero-order valence-corrected chi connectivity index (χ0v) is 11.4. The Labute approximate surface area is 108 Å². The molecule has 2 rings (SSSR count). The molecule has 88 valence electrons. The third kappa shape index (κ3) is 2.90. The molecule has 0 aliphatic carbocycles. The predicted octanol–water partition coefficient (Wildman–Crippen LogP) is 2.28. The number of thioether (sulfide) groups is 1. The van der Waals surface area contributed by atoms with Crippen LogP contribution in [0.15, 0.2) is 16.7 Å². The van der Waals surface area contributed by atoms with Crippen LogP contribution in [0.4, 0.5) is 5.82 Å². The number of aliphatic hydroxyl groups is 1. The first-order chi connectivity index (χ1) is 7.81. The number of rotatable bonds is 2. The maximum atomic E-state index is 9.35. The molecule has 0 atom stereocenters. The summed E-state index contributed by atoms with van der Waals surface area (Å²) in [5, 5.41) is 9.35. The second-order valence-electron chi connectivity index (χ2n) is 3.75. The van der Waals surface area contributed by atoms with Gasteiger partial charge in [-0.25, -0.2) is 4.98 Å². The van der Waals surface area contributed by atoms with Crippen molar-refractivity contribution in [2.45, 2.75) is 13.0 Å². The van der Waals surface area contributed by atoms with Gasteiger partial charge in [0.05, 0.1) is 6.61 Å². The van der Waals surface area contributed by atoms with Crippen LogP contribution in [0.2, 0.25) is 0 Å². The Balaban J connectivity index is 2.23. The molecule has 16 heavy (non-hydrogen) atoms. The standard InChI is InChI=1S/C11H15BrN2OS/c12-10-6-9(8-15)11(13-7-10)14-2-1-4-16-5-3-14/h6-7,15H,1-5,8H2. The molecule has 2 heterocycles. The highest BCUT2D eigenvalue weighted by atomic mass is 79.9. The van der Waals surface area contributed by atoms with Crippen LogP contribution in [0.5, 0.6) is 0 Å². The Kier molecular flexibility index (Phi) is 4.49. The fraction of sp³-hybridized carbons (Fsp3) is 0.545. The van der Waals surface area contributed by atoms with Gasteiger partial charge in [0, 0.05) is 35.1 Å². The highest BCUT2D eigenvalue weighted by molar-refractivity contribution is 9.10. The van der Waals surface area contributed by atoms with Crippen LogP contribution in [-0.2, 0) is 6.61 Å². The van der Waals surface area contributed by atoms with Crippen molar-refractivity contribution >= 4 is 33.5 Å². The minimum Gasteiger partial charge on any atom is -0.392 e. The van der Waals surface area contributed by atoms with Crippen LogP contribution in [0.25, 0.3) is 0 Å². The van der Waals surface area contributed by atoms with E-state index in [1.54, 1.807) is 6.20 Å². The van der Waals surface area contributed by atoms with Crippen molar-refractivity contribution in [1.29, 1.82) is 0 Å². The van der Waals surface area contributed by atoms with E-state index in [-0.39, 0.29) is 6.61 Å². The van der Waals surface area contributed by atoms with Crippen molar-refractivity contribution in [1.82, 2.24) is 4.98 Å². The SMILES string of the molecule is OCc1cc(Br)cnc1N1CCCSCC1. The lowest BCUT2D eigenvalue weighted by Crippen LogP contribution is -2.27. The third-order valence-electron chi connectivity index (χ3n) is 2.60. The van der Waals surface area contributed by atoms with Crippen LogP contribution in [0.1, 0.15) is 12.0 Å². The Morgan fingerprint density at radius 3 is 3.12 bits per heavy atom. The average Bonchev–Trinajstić information content (AvgIpc) is 2.57. The summed E-state index contributed by atoms with van der Waals surface area (Å²) in [5.41, 5.74) is 0.904. The summed E-state index contributed by atoms with van der Waals surface area (Å²) in [6, 6.07) is 1.94. The minimum atomic E-state index is 0.0470. The number of nitrogens with zero attached hydrogens (tertiary/aromatic N) is 2. The van der Waals surface area contributed by atoms with Gasteiger partial charge in [0.1, 0.15) is 5.82 Å². The van der Waals surface area contributed by atoms with Crippen molar-refractivity contribution in [2.24, 2.45) is 0 Å². The van der Waals surface area contributed by atoms with E-state index in [1.807, 2.05) is 17.8 Å². The quantitative estimate of drug-likeness (QED) is 0.909. The lowest BCUT2D eigenvalue weighted by atomic mass is 10.2. The van der Waals surface area contributed by atoms with Gasteiger partial charge in [-0.3, -0.25) is 0 Å². The zero-order valence-electron chi connectivity index (χ0n) is 9.03. The number of halogens is 1. The molecule has 0 radical (unpaired) electrons. The van der Waals surface area contributed by atoms with E-state index in [1.165, 1.54) is 12.2 Å². The highest BCUT2D eigenvalue weighted by Gasteiger charge is 2.14. The van der Waals surface area contributed by atoms with E-state index in [4.69, 9.17) is 0 Å². The van der Waals surface area contributed by atoms with Crippen molar-refractivity contribution < 1.29 is 5.11 Å². The third-order valence-corrected chi connectivity index (χ3v) is 4.08. The normalized spacial score (nSPS) is 17.2. The van der Waals surface area contributed by atoms with Gasteiger partial charge in [-0.15, -0.1) is 0 Å². The number of aromatic nitrogens is 1. The summed E-state index contributed by atoms with van der Waals surface area (Å²) in [5.74, 6) is 3.30. The van der Waals surface area contributed by atoms with Gasteiger partial charge >= 0.3 is 0 Å². The smallest absolute Gasteiger partial charge is 0.134 e. The molecule has 0 bridgehead atoms. The van der Waals surface area contributed by atoms with Gasteiger partial charge in [-0.1, -0.05) is 0 Å². The molecular formula is C11H15BrN2OS. The summed E-state index contributed by atoms with van der Waals surface area (Å²) in [7, 11) is 0. The van der Waals surface area contributed by atoms with Gasteiger partial charge in [0.2, 0.25) is 0 Å². The van der Waals surface area contributed by atoms with Crippen LogP contribution < -0.4 is 4.90 Å². The molecular weight excluding hydrogens is 288 g/mol. The average molecular weight is 303 g/mol. The van der Waals surface area contributed by atoms with Crippen molar-refractivity contribution in [3.05, 3.63) is 22.3 Å². The number of hydrogen-bond acceptors (Lipinski definition) is 4. The summed E-state index contributed by atoms with van der Waals surface area (Å²) in [4.78, 5) is 6.70. The molecule has 1 N–H and O–H groups in total. The molecule has 1 saturated heterocycles. The molecule has 1 aromatic heterocycles. The van der Waals surface area contributed by atoms with E-state index in [9.17, 15) is 5.11 Å². The molecule has 5 heteroatoms.